The highest BCUT2D eigenvalue weighted by Gasteiger charge is 2.32. The van der Waals surface area contributed by atoms with E-state index in [9.17, 15) is 10.2 Å². The third kappa shape index (κ3) is 4.65. The normalized spacial score (nSPS) is 19.1. The Morgan fingerprint density at radius 3 is 1.29 bits per heavy atom. The summed E-state index contributed by atoms with van der Waals surface area (Å²) in [6, 6.07) is 19.2. The van der Waals surface area contributed by atoms with Crippen LogP contribution in [0.4, 0.5) is 0 Å². The molecule has 0 aliphatic carbocycles. The van der Waals surface area contributed by atoms with Gasteiger partial charge in [-0.05, 0) is 37.8 Å². The first-order valence-electron chi connectivity index (χ1n) is 8.27. The summed E-state index contributed by atoms with van der Waals surface area (Å²) < 4.78 is 0. The fourth-order valence-corrected chi connectivity index (χ4v) is 3.01. The van der Waals surface area contributed by atoms with Crippen LogP contribution < -0.4 is 11.5 Å². The zero-order chi connectivity index (χ0) is 17.8. The molecule has 24 heavy (non-hydrogen) atoms. The molecule has 2 rings (SSSR count). The van der Waals surface area contributed by atoms with Gasteiger partial charge in [-0.25, -0.2) is 0 Å². The van der Waals surface area contributed by atoms with Gasteiger partial charge in [-0.3, -0.25) is 0 Å². The summed E-state index contributed by atoms with van der Waals surface area (Å²) in [6.07, 6.45) is -1.40. The molecule has 2 aromatic rings. The molecule has 0 unspecified atom stereocenters. The summed E-state index contributed by atoms with van der Waals surface area (Å²) in [4.78, 5) is 0. The number of benzene rings is 2. The molecular formula is C20H28N2O2. The van der Waals surface area contributed by atoms with Crippen molar-refractivity contribution in [1.82, 2.24) is 0 Å². The molecule has 4 atom stereocenters. The Balaban J connectivity index is 2.03. The molecule has 0 aliphatic rings. The minimum Gasteiger partial charge on any atom is -0.390 e. The van der Waals surface area contributed by atoms with E-state index in [0.717, 1.165) is 11.1 Å². The largest absolute Gasteiger partial charge is 0.390 e. The maximum absolute atomic E-state index is 10.4. The standard InChI is InChI=1S/C20H28N2O2/c1-19(21,15-9-5-3-6-10-15)13-17(23)18(24)14-20(2,22)16-11-7-4-8-12-16/h3-12,17-18,23-24H,13-14,21-22H2,1-2H3/t17-,18-,19-,20-/m0/s1. The molecule has 0 saturated carbocycles. The number of nitrogens with two attached hydrogens (primary N) is 2. The average molecular weight is 328 g/mol. The monoisotopic (exact) mass is 328 g/mol. The van der Waals surface area contributed by atoms with Crippen LogP contribution in [0.15, 0.2) is 60.7 Å². The van der Waals surface area contributed by atoms with Crippen LogP contribution in [0.3, 0.4) is 0 Å². The van der Waals surface area contributed by atoms with Gasteiger partial charge in [-0.1, -0.05) is 60.7 Å². The van der Waals surface area contributed by atoms with Crippen LogP contribution in [0.1, 0.15) is 37.8 Å². The van der Waals surface area contributed by atoms with Crippen LogP contribution >= 0.6 is 0 Å². The van der Waals surface area contributed by atoms with Crippen LogP contribution in [-0.4, -0.2) is 22.4 Å². The fourth-order valence-electron chi connectivity index (χ4n) is 3.01. The summed E-state index contributed by atoms with van der Waals surface area (Å²) in [5.74, 6) is 0. The van der Waals surface area contributed by atoms with Gasteiger partial charge < -0.3 is 21.7 Å². The third-order valence-corrected chi connectivity index (χ3v) is 4.58. The third-order valence-electron chi connectivity index (χ3n) is 4.58. The number of hydrogen-bond acceptors (Lipinski definition) is 4. The highest BCUT2D eigenvalue weighted by Crippen LogP contribution is 2.28. The van der Waals surface area contributed by atoms with Gasteiger partial charge in [-0.15, -0.1) is 0 Å². The lowest BCUT2D eigenvalue weighted by Crippen LogP contribution is -2.45. The first-order valence-corrected chi connectivity index (χ1v) is 8.27. The second-order valence-corrected chi connectivity index (χ2v) is 7.11. The van der Waals surface area contributed by atoms with E-state index in [1.54, 1.807) is 0 Å². The Kier molecular flexibility index (Phi) is 5.78. The summed E-state index contributed by atoms with van der Waals surface area (Å²) >= 11 is 0. The Bertz CT molecular complexity index is 569. The van der Waals surface area contributed by atoms with Gasteiger partial charge in [0.05, 0.1) is 12.2 Å². The predicted octanol–water partition coefficient (Wildman–Crippen LogP) is 2.24. The summed E-state index contributed by atoms with van der Waals surface area (Å²) in [5, 5.41) is 20.9. The quantitative estimate of drug-likeness (QED) is 0.627. The van der Waals surface area contributed by atoms with Crippen LogP contribution in [0.25, 0.3) is 0 Å². The zero-order valence-corrected chi connectivity index (χ0v) is 14.4. The number of rotatable bonds is 7. The molecule has 4 heteroatoms. The van der Waals surface area contributed by atoms with E-state index in [1.165, 1.54) is 0 Å². The van der Waals surface area contributed by atoms with Crippen molar-refractivity contribution in [2.24, 2.45) is 11.5 Å². The maximum atomic E-state index is 10.4. The average Bonchev–Trinajstić information content (AvgIpc) is 2.55. The fraction of sp³-hybridized carbons (Fsp3) is 0.400. The molecule has 0 heterocycles. The van der Waals surface area contributed by atoms with Crippen molar-refractivity contribution < 1.29 is 10.2 Å². The number of hydrogen-bond donors (Lipinski definition) is 4. The molecule has 0 aromatic heterocycles. The Hall–Kier alpha value is -1.72. The van der Waals surface area contributed by atoms with Gasteiger partial charge >= 0.3 is 0 Å². The van der Waals surface area contributed by atoms with Crippen LogP contribution in [0, 0.1) is 0 Å². The van der Waals surface area contributed by atoms with Crippen molar-refractivity contribution in [1.29, 1.82) is 0 Å². The lowest BCUT2D eigenvalue weighted by Gasteiger charge is -2.33. The topological polar surface area (TPSA) is 92.5 Å². The zero-order valence-electron chi connectivity index (χ0n) is 14.4. The minimum atomic E-state index is -0.952. The Morgan fingerprint density at radius 2 is 1.00 bits per heavy atom. The van der Waals surface area contributed by atoms with Crippen molar-refractivity contribution >= 4 is 0 Å². The van der Waals surface area contributed by atoms with Gasteiger partial charge in [0.2, 0.25) is 0 Å². The van der Waals surface area contributed by atoms with E-state index < -0.39 is 23.3 Å². The van der Waals surface area contributed by atoms with Crippen molar-refractivity contribution in [3.05, 3.63) is 71.8 Å². The van der Waals surface area contributed by atoms with E-state index in [0.29, 0.717) is 0 Å². The molecule has 130 valence electrons. The molecule has 0 bridgehead atoms. The molecular weight excluding hydrogens is 300 g/mol. The summed E-state index contributed by atoms with van der Waals surface area (Å²) in [5.41, 5.74) is 13.1. The van der Waals surface area contributed by atoms with Crippen LogP contribution in [0.2, 0.25) is 0 Å². The highest BCUT2D eigenvalue weighted by molar-refractivity contribution is 5.24. The van der Waals surface area contributed by atoms with Gasteiger partial charge in [0, 0.05) is 11.1 Å². The molecule has 0 fully saturated rings. The highest BCUT2D eigenvalue weighted by atomic mass is 16.3. The SMILES string of the molecule is C[C@](N)(C[C@H](O)[C@@H](O)C[C@](C)(N)c1ccccc1)c1ccccc1. The molecule has 0 aliphatic heterocycles. The van der Waals surface area contributed by atoms with E-state index in [4.69, 9.17) is 11.5 Å². The first-order chi connectivity index (χ1) is 11.2. The van der Waals surface area contributed by atoms with Crippen molar-refractivity contribution in [2.45, 2.75) is 50.0 Å². The van der Waals surface area contributed by atoms with Crippen molar-refractivity contribution in [3.63, 3.8) is 0 Å². The van der Waals surface area contributed by atoms with Gasteiger partial charge in [0.1, 0.15) is 0 Å². The molecule has 6 N–H and O–H groups in total. The minimum absolute atomic E-state index is 0.253. The van der Waals surface area contributed by atoms with E-state index in [-0.39, 0.29) is 12.8 Å². The van der Waals surface area contributed by atoms with Crippen molar-refractivity contribution in [2.75, 3.05) is 0 Å². The maximum Gasteiger partial charge on any atom is 0.0820 e. The van der Waals surface area contributed by atoms with Gasteiger partial charge in [0.15, 0.2) is 0 Å². The lowest BCUT2D eigenvalue weighted by molar-refractivity contribution is -0.0128. The Labute approximate surface area is 144 Å². The molecule has 0 radical (unpaired) electrons. The molecule has 0 spiro atoms. The van der Waals surface area contributed by atoms with Crippen molar-refractivity contribution in [3.8, 4) is 0 Å². The van der Waals surface area contributed by atoms with E-state index in [1.807, 2.05) is 74.5 Å². The van der Waals surface area contributed by atoms with Crippen LogP contribution in [0.5, 0.6) is 0 Å². The molecule has 2 aromatic carbocycles. The molecule has 0 saturated heterocycles. The summed E-state index contributed by atoms with van der Waals surface area (Å²) in [6.45, 7) is 3.72. The number of aliphatic hydroxyl groups is 2. The van der Waals surface area contributed by atoms with Crippen LogP contribution in [-0.2, 0) is 11.1 Å². The smallest absolute Gasteiger partial charge is 0.0820 e. The molecule has 0 amide bonds. The van der Waals surface area contributed by atoms with E-state index in [2.05, 4.69) is 0 Å². The number of aliphatic hydroxyl groups excluding tert-OH is 2. The Morgan fingerprint density at radius 1 is 0.708 bits per heavy atom. The van der Waals surface area contributed by atoms with E-state index >= 15 is 0 Å². The predicted molar refractivity (Wildman–Crippen MR) is 97.2 cm³/mol. The lowest BCUT2D eigenvalue weighted by atomic mass is 9.82. The summed E-state index contributed by atoms with van der Waals surface area (Å²) in [7, 11) is 0. The second-order valence-electron chi connectivity index (χ2n) is 7.11. The van der Waals surface area contributed by atoms with Gasteiger partial charge in [-0.2, -0.15) is 0 Å². The second kappa shape index (κ2) is 7.45. The molecule has 4 nitrogen and oxygen atoms in total. The first kappa shape index (κ1) is 18.6. The van der Waals surface area contributed by atoms with Gasteiger partial charge in [0.25, 0.3) is 0 Å².